The molecule has 0 aromatic heterocycles. The molecule has 1 atom stereocenters. The van der Waals surface area contributed by atoms with Crippen LogP contribution in [0.4, 0.5) is 0 Å². The van der Waals surface area contributed by atoms with Crippen molar-refractivity contribution in [3.63, 3.8) is 0 Å². The van der Waals surface area contributed by atoms with Crippen LogP contribution in [0.3, 0.4) is 0 Å². The van der Waals surface area contributed by atoms with Crippen molar-refractivity contribution in [3.8, 4) is 5.75 Å². The maximum absolute atomic E-state index is 12.1. The molecule has 2 aromatic rings. The fourth-order valence-corrected chi connectivity index (χ4v) is 2.49. The van der Waals surface area contributed by atoms with E-state index >= 15 is 0 Å². The summed E-state index contributed by atoms with van der Waals surface area (Å²) in [4.78, 5) is 1.26. The minimum atomic E-state index is -1.25. The summed E-state index contributed by atoms with van der Waals surface area (Å²) in [5.41, 5.74) is 0. The van der Waals surface area contributed by atoms with Gasteiger partial charge in [0.1, 0.15) is 12.4 Å². The van der Waals surface area contributed by atoms with Gasteiger partial charge >= 0.3 is 0 Å². The molecule has 0 amide bonds. The van der Waals surface area contributed by atoms with Crippen molar-refractivity contribution in [2.75, 3.05) is 6.61 Å². The number of halogens is 1. The van der Waals surface area contributed by atoms with Crippen molar-refractivity contribution < 1.29 is 8.95 Å². The standard InChI is InChI=1S/C15H13ClO2S/c1-12(19(17)15-5-3-2-4-6-15)11-18-14-9-7-13(16)8-10-14/h2-10H,1,11H2. The van der Waals surface area contributed by atoms with Crippen molar-refractivity contribution in [1.82, 2.24) is 0 Å². The largest absolute Gasteiger partial charge is 0.488 e. The van der Waals surface area contributed by atoms with E-state index in [1.807, 2.05) is 30.3 Å². The highest BCUT2D eigenvalue weighted by Gasteiger charge is 2.08. The van der Waals surface area contributed by atoms with Gasteiger partial charge in [0.2, 0.25) is 0 Å². The molecule has 0 N–H and O–H groups in total. The van der Waals surface area contributed by atoms with Crippen LogP contribution < -0.4 is 4.74 Å². The molecule has 2 aromatic carbocycles. The van der Waals surface area contributed by atoms with Gasteiger partial charge in [-0.05, 0) is 36.4 Å². The third-order valence-corrected chi connectivity index (χ3v) is 4.03. The normalized spacial score (nSPS) is 11.8. The molecule has 0 spiro atoms. The zero-order valence-electron chi connectivity index (χ0n) is 10.2. The molecule has 0 aliphatic rings. The Balaban J connectivity index is 1.95. The molecule has 0 saturated heterocycles. The average Bonchev–Trinajstić information content (AvgIpc) is 2.46. The second kappa shape index (κ2) is 6.55. The van der Waals surface area contributed by atoms with Gasteiger partial charge in [-0.2, -0.15) is 0 Å². The first kappa shape index (κ1) is 13.8. The lowest BCUT2D eigenvalue weighted by Gasteiger charge is -2.08. The quantitative estimate of drug-likeness (QED) is 0.831. The summed E-state index contributed by atoms with van der Waals surface area (Å²) in [6.07, 6.45) is 0. The predicted molar refractivity (Wildman–Crippen MR) is 78.9 cm³/mol. The van der Waals surface area contributed by atoms with Gasteiger partial charge < -0.3 is 4.74 Å². The average molecular weight is 293 g/mol. The molecular weight excluding hydrogens is 280 g/mol. The first-order chi connectivity index (χ1) is 9.16. The van der Waals surface area contributed by atoms with Gasteiger partial charge in [0, 0.05) is 9.92 Å². The number of hydrogen-bond donors (Lipinski definition) is 0. The molecule has 1 unspecified atom stereocenters. The van der Waals surface area contributed by atoms with Crippen LogP contribution in [-0.4, -0.2) is 10.8 Å². The molecule has 2 nitrogen and oxygen atoms in total. The molecule has 0 aliphatic carbocycles. The minimum Gasteiger partial charge on any atom is -0.488 e. The SMILES string of the molecule is C=C(COc1ccc(Cl)cc1)S(=O)c1ccccc1. The van der Waals surface area contributed by atoms with E-state index in [2.05, 4.69) is 6.58 Å². The maximum Gasteiger partial charge on any atom is 0.121 e. The molecule has 0 bridgehead atoms. The molecule has 0 fully saturated rings. The van der Waals surface area contributed by atoms with E-state index in [0.717, 1.165) is 4.90 Å². The minimum absolute atomic E-state index is 0.211. The summed E-state index contributed by atoms with van der Waals surface area (Å²) < 4.78 is 17.6. The number of rotatable bonds is 5. The Morgan fingerprint density at radius 2 is 1.74 bits per heavy atom. The van der Waals surface area contributed by atoms with E-state index in [0.29, 0.717) is 15.7 Å². The van der Waals surface area contributed by atoms with Gasteiger partial charge in [0.25, 0.3) is 0 Å². The van der Waals surface area contributed by atoms with Crippen LogP contribution in [0.1, 0.15) is 0 Å². The highest BCUT2D eigenvalue weighted by Crippen LogP contribution is 2.18. The van der Waals surface area contributed by atoms with Crippen LogP contribution in [0.5, 0.6) is 5.75 Å². The van der Waals surface area contributed by atoms with Crippen LogP contribution in [0, 0.1) is 0 Å². The molecular formula is C15H13ClO2S. The topological polar surface area (TPSA) is 26.3 Å². The summed E-state index contributed by atoms with van der Waals surface area (Å²) in [5.74, 6) is 0.676. The van der Waals surface area contributed by atoms with Crippen LogP contribution in [-0.2, 0) is 10.8 Å². The Kier molecular flexibility index (Phi) is 4.77. The van der Waals surface area contributed by atoms with Gasteiger partial charge in [0.15, 0.2) is 0 Å². The molecule has 98 valence electrons. The monoisotopic (exact) mass is 292 g/mol. The lowest BCUT2D eigenvalue weighted by atomic mass is 10.3. The van der Waals surface area contributed by atoms with Crippen LogP contribution in [0.2, 0.25) is 5.02 Å². The third-order valence-electron chi connectivity index (χ3n) is 2.43. The fourth-order valence-electron chi connectivity index (χ4n) is 1.46. The highest BCUT2D eigenvalue weighted by molar-refractivity contribution is 7.89. The lowest BCUT2D eigenvalue weighted by Crippen LogP contribution is -2.05. The molecule has 4 heteroatoms. The zero-order chi connectivity index (χ0) is 13.7. The second-order valence-electron chi connectivity index (χ2n) is 3.86. The van der Waals surface area contributed by atoms with E-state index in [4.69, 9.17) is 16.3 Å². The highest BCUT2D eigenvalue weighted by atomic mass is 35.5. The van der Waals surface area contributed by atoms with E-state index in [1.54, 1.807) is 24.3 Å². The Morgan fingerprint density at radius 3 is 2.37 bits per heavy atom. The Hall–Kier alpha value is -1.58. The number of benzene rings is 2. The van der Waals surface area contributed by atoms with Gasteiger partial charge in [-0.25, -0.2) is 4.21 Å². The Morgan fingerprint density at radius 1 is 1.11 bits per heavy atom. The molecule has 0 radical (unpaired) electrons. The van der Waals surface area contributed by atoms with E-state index < -0.39 is 10.8 Å². The smallest absolute Gasteiger partial charge is 0.121 e. The van der Waals surface area contributed by atoms with Crippen molar-refractivity contribution in [2.24, 2.45) is 0 Å². The second-order valence-corrected chi connectivity index (χ2v) is 5.89. The number of hydrogen-bond acceptors (Lipinski definition) is 2. The summed E-state index contributed by atoms with van der Waals surface area (Å²) in [7, 11) is -1.25. The van der Waals surface area contributed by atoms with E-state index in [9.17, 15) is 4.21 Å². The molecule has 0 saturated carbocycles. The van der Waals surface area contributed by atoms with Crippen LogP contribution in [0.15, 0.2) is 71.0 Å². The molecule has 0 heterocycles. The van der Waals surface area contributed by atoms with Crippen LogP contribution >= 0.6 is 11.6 Å². The summed E-state index contributed by atoms with van der Waals surface area (Å²) >= 11 is 5.78. The lowest BCUT2D eigenvalue weighted by molar-refractivity contribution is 0.359. The van der Waals surface area contributed by atoms with E-state index in [-0.39, 0.29) is 6.61 Å². The molecule has 2 rings (SSSR count). The van der Waals surface area contributed by atoms with E-state index in [1.165, 1.54) is 0 Å². The first-order valence-corrected chi connectivity index (χ1v) is 7.22. The summed E-state index contributed by atoms with van der Waals surface area (Å²) in [5, 5.41) is 0.652. The van der Waals surface area contributed by atoms with Crippen LogP contribution in [0.25, 0.3) is 0 Å². The predicted octanol–water partition coefficient (Wildman–Crippen LogP) is 4.04. The van der Waals surface area contributed by atoms with Crippen molar-refractivity contribution >= 4 is 22.4 Å². The van der Waals surface area contributed by atoms with Crippen molar-refractivity contribution in [2.45, 2.75) is 4.90 Å². The maximum atomic E-state index is 12.1. The number of ether oxygens (including phenoxy) is 1. The van der Waals surface area contributed by atoms with Crippen molar-refractivity contribution in [3.05, 3.63) is 71.1 Å². The van der Waals surface area contributed by atoms with Gasteiger partial charge in [-0.1, -0.05) is 36.4 Å². The molecule has 19 heavy (non-hydrogen) atoms. The third kappa shape index (κ3) is 3.94. The van der Waals surface area contributed by atoms with Gasteiger partial charge in [-0.15, -0.1) is 0 Å². The van der Waals surface area contributed by atoms with Gasteiger partial charge in [0.05, 0.1) is 15.7 Å². The summed E-state index contributed by atoms with van der Waals surface area (Å²) in [6.45, 7) is 4.02. The molecule has 0 aliphatic heterocycles. The Labute approximate surface area is 120 Å². The fraction of sp³-hybridized carbons (Fsp3) is 0.0667. The summed E-state index contributed by atoms with van der Waals surface area (Å²) in [6, 6.07) is 16.2. The Bertz CT molecular complexity index is 579. The first-order valence-electron chi connectivity index (χ1n) is 5.70. The zero-order valence-corrected chi connectivity index (χ0v) is 11.8. The van der Waals surface area contributed by atoms with Crippen molar-refractivity contribution in [1.29, 1.82) is 0 Å². The van der Waals surface area contributed by atoms with Gasteiger partial charge in [-0.3, -0.25) is 0 Å².